The highest BCUT2D eigenvalue weighted by Crippen LogP contribution is 2.12. The Hall–Kier alpha value is -1.72. The molecule has 1 aromatic carbocycles. The van der Waals surface area contributed by atoms with E-state index in [1.165, 1.54) is 6.92 Å². The molecule has 1 amide bonds. The third kappa shape index (κ3) is 4.43. The summed E-state index contributed by atoms with van der Waals surface area (Å²) in [5.74, 6) is -0.189. The Labute approximate surface area is 119 Å². The van der Waals surface area contributed by atoms with Gasteiger partial charge in [-0.3, -0.25) is 14.5 Å². The molecule has 20 heavy (non-hydrogen) atoms. The van der Waals surface area contributed by atoms with Crippen molar-refractivity contribution in [1.82, 2.24) is 4.90 Å². The molecule has 0 heterocycles. The van der Waals surface area contributed by atoms with Gasteiger partial charge in [0, 0.05) is 17.8 Å². The van der Waals surface area contributed by atoms with Gasteiger partial charge in [-0.1, -0.05) is 19.1 Å². The zero-order chi connectivity index (χ0) is 15.1. The molecule has 1 unspecified atom stereocenters. The number of amides is 1. The number of hydrogen-bond acceptors (Lipinski definition) is 4. The second-order valence-electron chi connectivity index (χ2n) is 4.65. The maximum atomic E-state index is 12.1. The van der Waals surface area contributed by atoms with Crippen LogP contribution in [0, 0.1) is 0 Å². The van der Waals surface area contributed by atoms with Gasteiger partial charge in [-0.05, 0) is 32.5 Å². The van der Waals surface area contributed by atoms with Crippen molar-refractivity contribution in [3.8, 4) is 0 Å². The van der Waals surface area contributed by atoms with Crippen molar-refractivity contribution in [3.63, 3.8) is 0 Å². The molecule has 110 valence electrons. The Bertz CT molecular complexity index is 474. The SMILES string of the molecule is CCN(CCO)C(C)C(=O)Nc1cccc(C(C)=O)c1. The number of aliphatic hydroxyl groups is 1. The Morgan fingerprint density at radius 1 is 1.40 bits per heavy atom. The van der Waals surface area contributed by atoms with Crippen LogP contribution in [0.1, 0.15) is 31.1 Å². The van der Waals surface area contributed by atoms with E-state index in [9.17, 15) is 9.59 Å². The molecule has 0 radical (unpaired) electrons. The fourth-order valence-corrected chi connectivity index (χ4v) is 1.98. The Kier molecular flexibility index (Phi) is 6.35. The molecule has 1 atom stereocenters. The number of anilines is 1. The van der Waals surface area contributed by atoms with Crippen LogP contribution in [0.25, 0.3) is 0 Å². The van der Waals surface area contributed by atoms with Gasteiger partial charge in [0.15, 0.2) is 5.78 Å². The summed E-state index contributed by atoms with van der Waals surface area (Å²) >= 11 is 0. The van der Waals surface area contributed by atoms with Crippen LogP contribution in [-0.2, 0) is 4.79 Å². The first kappa shape index (κ1) is 16.3. The molecule has 5 heteroatoms. The lowest BCUT2D eigenvalue weighted by Crippen LogP contribution is -2.43. The lowest BCUT2D eigenvalue weighted by molar-refractivity contribution is -0.120. The van der Waals surface area contributed by atoms with Gasteiger partial charge in [-0.2, -0.15) is 0 Å². The first-order valence-electron chi connectivity index (χ1n) is 6.76. The molecule has 0 saturated heterocycles. The van der Waals surface area contributed by atoms with E-state index in [2.05, 4.69) is 5.32 Å². The van der Waals surface area contributed by atoms with Crippen LogP contribution in [0.5, 0.6) is 0 Å². The highest BCUT2D eigenvalue weighted by molar-refractivity contribution is 5.98. The number of aliphatic hydroxyl groups excluding tert-OH is 1. The Morgan fingerprint density at radius 2 is 2.10 bits per heavy atom. The van der Waals surface area contributed by atoms with Crippen LogP contribution in [0.15, 0.2) is 24.3 Å². The van der Waals surface area contributed by atoms with Crippen molar-refractivity contribution in [1.29, 1.82) is 0 Å². The quantitative estimate of drug-likeness (QED) is 0.742. The van der Waals surface area contributed by atoms with Crippen molar-refractivity contribution >= 4 is 17.4 Å². The molecule has 0 fully saturated rings. The highest BCUT2D eigenvalue weighted by atomic mass is 16.3. The van der Waals surface area contributed by atoms with Gasteiger partial charge >= 0.3 is 0 Å². The first-order chi connectivity index (χ1) is 9.49. The van der Waals surface area contributed by atoms with E-state index in [1.54, 1.807) is 31.2 Å². The predicted molar refractivity (Wildman–Crippen MR) is 78.9 cm³/mol. The molecule has 1 aromatic rings. The summed E-state index contributed by atoms with van der Waals surface area (Å²) in [6.45, 7) is 6.38. The average Bonchev–Trinajstić information content (AvgIpc) is 2.44. The molecule has 5 nitrogen and oxygen atoms in total. The number of hydrogen-bond donors (Lipinski definition) is 2. The minimum atomic E-state index is -0.340. The normalized spacial score (nSPS) is 12.2. The highest BCUT2D eigenvalue weighted by Gasteiger charge is 2.19. The largest absolute Gasteiger partial charge is 0.395 e. The van der Waals surface area contributed by atoms with E-state index < -0.39 is 0 Å². The van der Waals surface area contributed by atoms with E-state index >= 15 is 0 Å². The molecule has 2 N–H and O–H groups in total. The second kappa shape index (κ2) is 7.77. The van der Waals surface area contributed by atoms with E-state index in [0.717, 1.165) is 0 Å². The number of carbonyl (C=O) groups is 2. The number of Topliss-reactive ketones (excluding diaryl/α,β-unsaturated/α-hetero) is 1. The number of ketones is 1. The molecule has 1 rings (SSSR count). The van der Waals surface area contributed by atoms with Crippen LogP contribution < -0.4 is 5.32 Å². The molecule has 0 spiro atoms. The van der Waals surface area contributed by atoms with E-state index in [-0.39, 0.29) is 24.3 Å². The van der Waals surface area contributed by atoms with Gasteiger partial charge in [-0.25, -0.2) is 0 Å². The summed E-state index contributed by atoms with van der Waals surface area (Å²) in [5, 5.41) is 11.8. The molecular weight excluding hydrogens is 256 g/mol. The number of carbonyl (C=O) groups excluding carboxylic acids is 2. The van der Waals surface area contributed by atoms with Crippen molar-refractivity contribution in [2.24, 2.45) is 0 Å². The predicted octanol–water partition coefficient (Wildman–Crippen LogP) is 1.53. The minimum absolute atomic E-state index is 0.0191. The topological polar surface area (TPSA) is 69.6 Å². The van der Waals surface area contributed by atoms with Crippen LogP contribution in [0.4, 0.5) is 5.69 Å². The van der Waals surface area contributed by atoms with Crippen molar-refractivity contribution in [2.75, 3.05) is 25.0 Å². The standard InChI is InChI=1S/C15H22N2O3/c1-4-17(8-9-18)11(2)15(20)16-14-7-5-6-13(10-14)12(3)19/h5-7,10-11,18H,4,8-9H2,1-3H3,(H,16,20). The summed E-state index contributed by atoms with van der Waals surface area (Å²) in [6.07, 6.45) is 0. The summed E-state index contributed by atoms with van der Waals surface area (Å²) in [5.41, 5.74) is 1.17. The summed E-state index contributed by atoms with van der Waals surface area (Å²) in [7, 11) is 0. The fourth-order valence-electron chi connectivity index (χ4n) is 1.98. The van der Waals surface area contributed by atoms with Gasteiger partial charge < -0.3 is 10.4 Å². The third-order valence-corrected chi connectivity index (χ3v) is 3.26. The molecule has 0 aliphatic carbocycles. The van der Waals surface area contributed by atoms with Crippen LogP contribution in [0.2, 0.25) is 0 Å². The molecule has 0 bridgehead atoms. The number of nitrogens with one attached hydrogen (secondary N) is 1. The second-order valence-corrected chi connectivity index (χ2v) is 4.65. The summed E-state index contributed by atoms with van der Waals surface area (Å²) < 4.78 is 0. The Balaban J connectivity index is 2.74. The smallest absolute Gasteiger partial charge is 0.241 e. The lowest BCUT2D eigenvalue weighted by atomic mass is 10.1. The molecule has 0 aliphatic rings. The van der Waals surface area contributed by atoms with Gasteiger partial charge in [0.1, 0.15) is 0 Å². The lowest BCUT2D eigenvalue weighted by Gasteiger charge is -2.26. The number of rotatable bonds is 7. The van der Waals surface area contributed by atoms with E-state index in [1.807, 2.05) is 11.8 Å². The molecule has 0 aliphatic heterocycles. The molecule has 0 aromatic heterocycles. The van der Waals surface area contributed by atoms with Crippen LogP contribution >= 0.6 is 0 Å². The molecule has 0 saturated carbocycles. The van der Waals surface area contributed by atoms with Crippen molar-refractivity contribution in [2.45, 2.75) is 26.8 Å². The van der Waals surface area contributed by atoms with E-state index in [4.69, 9.17) is 5.11 Å². The van der Waals surface area contributed by atoms with Crippen molar-refractivity contribution in [3.05, 3.63) is 29.8 Å². The average molecular weight is 278 g/mol. The summed E-state index contributed by atoms with van der Waals surface area (Å²) in [4.78, 5) is 25.3. The third-order valence-electron chi connectivity index (χ3n) is 3.26. The van der Waals surface area contributed by atoms with Gasteiger partial charge in [0.25, 0.3) is 0 Å². The number of benzene rings is 1. The van der Waals surface area contributed by atoms with E-state index in [0.29, 0.717) is 24.3 Å². The van der Waals surface area contributed by atoms with Crippen LogP contribution in [0.3, 0.4) is 0 Å². The first-order valence-corrected chi connectivity index (χ1v) is 6.76. The number of likely N-dealkylation sites (N-methyl/N-ethyl adjacent to an activating group) is 1. The zero-order valence-electron chi connectivity index (χ0n) is 12.2. The Morgan fingerprint density at radius 3 is 2.65 bits per heavy atom. The van der Waals surface area contributed by atoms with Crippen molar-refractivity contribution < 1.29 is 14.7 Å². The maximum Gasteiger partial charge on any atom is 0.241 e. The maximum absolute atomic E-state index is 12.1. The fraction of sp³-hybridized carbons (Fsp3) is 0.467. The number of nitrogens with zero attached hydrogens (tertiary/aromatic N) is 1. The zero-order valence-corrected chi connectivity index (χ0v) is 12.2. The van der Waals surface area contributed by atoms with Crippen LogP contribution in [-0.4, -0.2) is 47.4 Å². The molecular formula is C15H22N2O3. The monoisotopic (exact) mass is 278 g/mol. The van der Waals surface area contributed by atoms with Gasteiger partial charge in [-0.15, -0.1) is 0 Å². The van der Waals surface area contributed by atoms with Gasteiger partial charge in [0.05, 0.1) is 12.6 Å². The summed E-state index contributed by atoms with van der Waals surface area (Å²) in [6, 6.07) is 6.52. The van der Waals surface area contributed by atoms with Gasteiger partial charge in [0.2, 0.25) is 5.91 Å². The minimum Gasteiger partial charge on any atom is -0.395 e.